The highest BCUT2D eigenvalue weighted by Crippen LogP contribution is 2.46. The summed E-state index contributed by atoms with van der Waals surface area (Å²) in [6.45, 7) is 3.86. The summed E-state index contributed by atoms with van der Waals surface area (Å²) in [6.07, 6.45) is 2.16. The fraction of sp³-hybridized carbons (Fsp3) is 0.405. The number of methoxy groups -OCH3 is 1. The van der Waals surface area contributed by atoms with Crippen molar-refractivity contribution in [2.45, 2.75) is 42.5 Å². The Labute approximate surface area is 298 Å². The van der Waals surface area contributed by atoms with Crippen LogP contribution in [0.3, 0.4) is 0 Å². The maximum Gasteiger partial charge on any atom is 0.251 e. The summed E-state index contributed by atoms with van der Waals surface area (Å²) in [5.74, 6) is -3.34. The molecule has 0 saturated heterocycles. The first kappa shape index (κ1) is 38.3. The number of aliphatic hydroxyl groups is 1. The molecule has 0 bridgehead atoms. The Morgan fingerprint density at radius 1 is 0.922 bits per heavy atom. The van der Waals surface area contributed by atoms with Crippen LogP contribution in [0.2, 0.25) is 0 Å². The number of amides is 1. The number of hydrogen-bond donors (Lipinski definition) is 2. The van der Waals surface area contributed by atoms with Crippen LogP contribution >= 0.6 is 11.8 Å². The number of hydrogen-bond acceptors (Lipinski definition) is 8. The number of aliphatic hydroxyl groups excluding tert-OH is 1. The van der Waals surface area contributed by atoms with Gasteiger partial charge in [0.2, 0.25) is 0 Å². The van der Waals surface area contributed by atoms with Crippen LogP contribution in [-0.4, -0.2) is 80.5 Å². The lowest BCUT2D eigenvalue weighted by atomic mass is 9.71. The molecule has 1 amide bonds. The number of aromatic nitrogens is 2. The lowest BCUT2D eigenvalue weighted by Crippen LogP contribution is -2.31. The number of ether oxygens (including phenoxy) is 4. The van der Waals surface area contributed by atoms with Gasteiger partial charge in [-0.05, 0) is 80.3 Å². The van der Waals surface area contributed by atoms with Crippen molar-refractivity contribution in [3.63, 3.8) is 0 Å². The van der Waals surface area contributed by atoms with Crippen LogP contribution in [0.5, 0.6) is 5.75 Å². The van der Waals surface area contributed by atoms with Crippen molar-refractivity contribution >= 4 is 17.7 Å². The van der Waals surface area contributed by atoms with Gasteiger partial charge >= 0.3 is 0 Å². The van der Waals surface area contributed by atoms with Gasteiger partial charge in [-0.3, -0.25) is 9.36 Å². The number of halogens is 4. The molecule has 51 heavy (non-hydrogen) atoms. The van der Waals surface area contributed by atoms with Crippen molar-refractivity contribution in [2.24, 2.45) is 0 Å². The van der Waals surface area contributed by atoms with E-state index in [1.807, 2.05) is 11.5 Å². The second kappa shape index (κ2) is 18.0. The second-order valence-corrected chi connectivity index (χ2v) is 13.0. The number of benzene rings is 3. The maximum atomic E-state index is 15.4. The quantitative estimate of drug-likeness (QED) is 0.0715. The first-order valence-corrected chi connectivity index (χ1v) is 17.6. The summed E-state index contributed by atoms with van der Waals surface area (Å²) >= 11 is 1.12. The number of rotatable bonds is 18. The van der Waals surface area contributed by atoms with E-state index >= 15 is 8.78 Å². The third-order valence-electron chi connectivity index (χ3n) is 8.67. The number of thioether (sulfide) groups is 1. The van der Waals surface area contributed by atoms with Gasteiger partial charge < -0.3 is 29.4 Å². The predicted molar refractivity (Wildman–Crippen MR) is 184 cm³/mol. The minimum absolute atomic E-state index is 0.0512. The summed E-state index contributed by atoms with van der Waals surface area (Å²) in [4.78, 5) is 17.6. The Hall–Kier alpha value is -3.95. The molecule has 1 atom stereocenters. The molecule has 0 fully saturated rings. The van der Waals surface area contributed by atoms with Crippen molar-refractivity contribution < 1.29 is 46.4 Å². The summed E-state index contributed by atoms with van der Waals surface area (Å²) in [5.41, 5.74) is 2.00. The number of carbonyl (C=O) groups excluding carboxylic acids is 1. The maximum absolute atomic E-state index is 15.4. The molecule has 9 nitrogen and oxygen atoms in total. The van der Waals surface area contributed by atoms with Crippen LogP contribution in [0, 0.1) is 23.3 Å². The molecule has 1 heterocycles. The lowest BCUT2D eigenvalue weighted by Gasteiger charge is -2.36. The first-order chi connectivity index (χ1) is 24.7. The lowest BCUT2D eigenvalue weighted by molar-refractivity contribution is 0.00825. The molecular weight excluding hydrogens is 690 g/mol. The summed E-state index contributed by atoms with van der Waals surface area (Å²) < 4.78 is 82.1. The highest BCUT2D eigenvalue weighted by Gasteiger charge is 2.40. The number of nitrogens with zero attached hydrogens (tertiary/aromatic N) is 2. The van der Waals surface area contributed by atoms with Gasteiger partial charge in [0.25, 0.3) is 5.91 Å². The molecule has 1 aromatic heterocycles. The number of aryl methyl sites for hydroxylation is 1. The van der Waals surface area contributed by atoms with Crippen molar-refractivity contribution in [2.75, 3.05) is 59.9 Å². The molecular formula is C37H41F4N3O6S. The van der Waals surface area contributed by atoms with Crippen LogP contribution in [0.25, 0.3) is 5.69 Å². The second-order valence-electron chi connectivity index (χ2n) is 12.1. The third-order valence-corrected chi connectivity index (χ3v) is 9.63. The number of nitrogens with one attached hydrogen (secondary N) is 1. The largest absolute Gasteiger partial charge is 0.494 e. The van der Waals surface area contributed by atoms with Gasteiger partial charge in [-0.1, -0.05) is 17.8 Å². The summed E-state index contributed by atoms with van der Waals surface area (Å²) in [7, 11) is 1.41. The molecule has 0 radical (unpaired) electrons. The molecule has 2 N–H and O–H groups in total. The normalized spacial score (nSPS) is 15.5. The number of fused-ring (bicyclic) bond motifs is 1. The monoisotopic (exact) mass is 731 g/mol. The molecule has 14 heteroatoms. The minimum Gasteiger partial charge on any atom is -0.494 e. The smallest absolute Gasteiger partial charge is 0.251 e. The minimum atomic E-state index is -0.878. The van der Waals surface area contributed by atoms with Crippen molar-refractivity contribution in [1.29, 1.82) is 0 Å². The Morgan fingerprint density at radius 3 is 2.25 bits per heavy atom. The van der Waals surface area contributed by atoms with Gasteiger partial charge in [-0.25, -0.2) is 22.5 Å². The topological polar surface area (TPSA) is 104 Å². The van der Waals surface area contributed by atoms with Gasteiger partial charge in [-0.2, -0.15) is 0 Å². The van der Waals surface area contributed by atoms with Crippen LogP contribution in [0.15, 0.2) is 59.8 Å². The van der Waals surface area contributed by atoms with Gasteiger partial charge in [0.15, 0.2) is 16.7 Å². The van der Waals surface area contributed by atoms with Crippen LogP contribution in [0.1, 0.15) is 52.6 Å². The van der Waals surface area contributed by atoms with E-state index < -0.39 is 34.6 Å². The molecule has 3 aromatic carbocycles. The number of imidazole rings is 1. The first-order valence-electron chi connectivity index (χ1n) is 16.6. The SMILES string of the molecule is COc1cc(C2(C)CCCc3nc(SCc4c(F)cc(C(=O)NCCOCCOCCOCCO)cc4F)n(-c4ccc(F)cc4)c32)ccc1F. The standard InChI is InChI=1S/C37H41F4N3O6S/c1-37(25-5-10-29(39)33(22-25)47-2)11-3-4-32-34(37)44(27-8-6-26(38)7-9-27)36(43-32)51-23-28-30(40)20-24(21-31(28)41)35(46)42-12-14-48-16-18-50-19-17-49-15-13-45/h5-10,20-22,45H,3-4,11-19,23H2,1-2H3,(H,42,46). The van der Waals surface area contributed by atoms with Crippen molar-refractivity contribution in [3.05, 3.63) is 106 Å². The average molecular weight is 732 g/mol. The fourth-order valence-electron chi connectivity index (χ4n) is 6.07. The number of carbonyl (C=O) groups is 1. The van der Waals surface area contributed by atoms with E-state index in [4.69, 9.17) is 29.0 Å². The Balaban J connectivity index is 1.29. The van der Waals surface area contributed by atoms with E-state index in [0.717, 1.165) is 47.3 Å². The fourth-order valence-corrected chi connectivity index (χ4v) is 7.12. The van der Waals surface area contributed by atoms with Crippen molar-refractivity contribution in [1.82, 2.24) is 14.9 Å². The van der Waals surface area contributed by atoms with Gasteiger partial charge in [0, 0.05) is 34.5 Å². The molecule has 0 spiro atoms. The third kappa shape index (κ3) is 9.29. The van der Waals surface area contributed by atoms with E-state index in [9.17, 15) is 13.6 Å². The molecule has 5 rings (SSSR count). The molecule has 1 unspecified atom stereocenters. The van der Waals surface area contributed by atoms with Gasteiger partial charge in [0.05, 0.1) is 64.7 Å². The highest BCUT2D eigenvalue weighted by atomic mass is 32.2. The van der Waals surface area contributed by atoms with E-state index in [1.165, 1.54) is 25.3 Å². The molecule has 4 aromatic rings. The molecule has 0 aliphatic heterocycles. The van der Waals surface area contributed by atoms with E-state index in [-0.39, 0.29) is 55.6 Å². The highest BCUT2D eigenvalue weighted by molar-refractivity contribution is 7.98. The zero-order chi connectivity index (χ0) is 36.4. The van der Waals surface area contributed by atoms with Crippen LogP contribution < -0.4 is 10.1 Å². The van der Waals surface area contributed by atoms with E-state index in [1.54, 1.807) is 24.3 Å². The zero-order valence-electron chi connectivity index (χ0n) is 28.5. The van der Waals surface area contributed by atoms with Crippen LogP contribution in [0.4, 0.5) is 17.6 Å². The summed E-state index contributed by atoms with van der Waals surface area (Å²) in [5, 5.41) is 11.7. The molecule has 274 valence electrons. The Morgan fingerprint density at radius 2 is 1.59 bits per heavy atom. The summed E-state index contributed by atoms with van der Waals surface area (Å²) in [6, 6.07) is 12.7. The van der Waals surface area contributed by atoms with E-state index in [2.05, 4.69) is 5.32 Å². The molecule has 0 saturated carbocycles. The van der Waals surface area contributed by atoms with E-state index in [0.29, 0.717) is 43.5 Å². The molecule has 1 aliphatic rings. The zero-order valence-corrected chi connectivity index (χ0v) is 29.3. The van der Waals surface area contributed by atoms with Gasteiger partial charge in [-0.15, -0.1) is 0 Å². The van der Waals surface area contributed by atoms with Crippen LogP contribution in [-0.2, 0) is 31.8 Å². The van der Waals surface area contributed by atoms with Crippen molar-refractivity contribution in [3.8, 4) is 11.4 Å². The predicted octanol–water partition coefficient (Wildman–Crippen LogP) is 6.14. The van der Waals surface area contributed by atoms with Gasteiger partial charge in [0.1, 0.15) is 17.5 Å². The Bertz CT molecular complexity index is 1770. The average Bonchev–Trinajstić information content (AvgIpc) is 3.50. The molecule has 1 aliphatic carbocycles. The Kier molecular flexibility index (Phi) is 13.5.